The number of carbonyl (C=O) groups is 2. The summed E-state index contributed by atoms with van der Waals surface area (Å²) in [5.74, 6) is 1.15. The lowest BCUT2D eigenvalue weighted by atomic mass is 10.00. The van der Waals surface area contributed by atoms with Crippen molar-refractivity contribution in [3.8, 4) is 0 Å². The Hall–Kier alpha value is -2.77. The highest BCUT2D eigenvalue weighted by atomic mass is 32.2. The third-order valence-electron chi connectivity index (χ3n) is 5.73. The minimum absolute atomic E-state index is 0.0957. The number of allylic oxidation sites excluding steroid dienone is 1. The molecule has 0 aromatic heterocycles. The molecule has 0 saturated heterocycles. The van der Waals surface area contributed by atoms with E-state index in [-0.39, 0.29) is 11.8 Å². The van der Waals surface area contributed by atoms with Gasteiger partial charge in [-0.15, -0.1) is 11.8 Å². The first-order valence-corrected chi connectivity index (χ1v) is 12.0. The summed E-state index contributed by atoms with van der Waals surface area (Å²) in [6, 6.07) is 15.6. The van der Waals surface area contributed by atoms with E-state index in [2.05, 4.69) is 39.8 Å². The Morgan fingerprint density at radius 3 is 2.62 bits per heavy atom. The molecule has 2 aliphatic rings. The molecule has 2 aliphatic heterocycles. The van der Waals surface area contributed by atoms with Crippen LogP contribution in [-0.4, -0.2) is 48.7 Å². The molecule has 0 saturated carbocycles. The predicted octanol–water partition coefficient (Wildman–Crippen LogP) is 3.80. The Morgan fingerprint density at radius 1 is 1.06 bits per heavy atom. The van der Waals surface area contributed by atoms with E-state index in [9.17, 15) is 9.59 Å². The molecule has 0 fully saturated rings. The molecule has 2 heterocycles. The van der Waals surface area contributed by atoms with E-state index in [0.29, 0.717) is 35.1 Å². The molecule has 2 aromatic rings. The van der Waals surface area contributed by atoms with Gasteiger partial charge in [-0.05, 0) is 55.2 Å². The molecule has 2 N–H and O–H groups in total. The quantitative estimate of drug-likeness (QED) is 0.627. The van der Waals surface area contributed by atoms with Crippen molar-refractivity contribution >= 4 is 29.3 Å². The second-order valence-electron chi connectivity index (χ2n) is 8.02. The molecule has 0 unspecified atom stereocenters. The van der Waals surface area contributed by atoms with Gasteiger partial charge in [0.05, 0.1) is 6.61 Å². The number of fused-ring (bicyclic) bond motifs is 1. The Kier molecular flexibility index (Phi) is 7.50. The van der Waals surface area contributed by atoms with Crippen molar-refractivity contribution in [2.45, 2.75) is 26.3 Å². The zero-order valence-electron chi connectivity index (χ0n) is 18.4. The SMILES string of the molecule is CC1=C(C(=O)Nc2ccc(C(=O)NCCCN3CCc4ccccc4C3)cc2)SCCO1. The van der Waals surface area contributed by atoms with Crippen LogP contribution in [0.25, 0.3) is 0 Å². The number of ether oxygens (including phenoxy) is 1. The summed E-state index contributed by atoms with van der Waals surface area (Å²) in [6.07, 6.45) is 2.00. The number of amides is 2. The summed E-state index contributed by atoms with van der Waals surface area (Å²) in [7, 11) is 0. The Balaban J connectivity index is 1.20. The first kappa shape index (κ1) is 22.4. The molecule has 0 radical (unpaired) electrons. The fourth-order valence-electron chi connectivity index (χ4n) is 3.98. The second kappa shape index (κ2) is 10.7. The van der Waals surface area contributed by atoms with Gasteiger partial charge in [-0.25, -0.2) is 0 Å². The molecule has 32 heavy (non-hydrogen) atoms. The molecule has 0 spiro atoms. The van der Waals surface area contributed by atoms with Crippen LogP contribution in [0.1, 0.15) is 34.8 Å². The molecule has 7 heteroatoms. The summed E-state index contributed by atoms with van der Waals surface area (Å²) in [6.45, 7) is 6.09. The van der Waals surface area contributed by atoms with Crippen molar-refractivity contribution in [3.05, 3.63) is 75.9 Å². The molecule has 168 valence electrons. The van der Waals surface area contributed by atoms with Crippen LogP contribution in [0.5, 0.6) is 0 Å². The molecule has 4 rings (SSSR count). The van der Waals surface area contributed by atoms with E-state index >= 15 is 0 Å². The standard InChI is InChI=1S/C25H29N3O3S/c1-18-23(32-16-15-31-18)25(30)27-22-9-7-20(8-10-22)24(29)26-12-4-13-28-14-11-19-5-2-3-6-21(19)17-28/h2-3,5-10H,4,11-17H2,1H3,(H,26,29)(H,27,30). The maximum absolute atomic E-state index is 12.4. The molecule has 0 atom stereocenters. The fraction of sp³-hybridized carbons (Fsp3) is 0.360. The van der Waals surface area contributed by atoms with Crippen LogP contribution >= 0.6 is 11.8 Å². The van der Waals surface area contributed by atoms with Gasteiger partial charge in [-0.1, -0.05) is 24.3 Å². The number of nitrogens with zero attached hydrogens (tertiary/aromatic N) is 1. The number of carbonyl (C=O) groups excluding carboxylic acids is 2. The van der Waals surface area contributed by atoms with Crippen LogP contribution in [0.3, 0.4) is 0 Å². The van der Waals surface area contributed by atoms with Crippen molar-refractivity contribution in [2.24, 2.45) is 0 Å². The number of anilines is 1. The van der Waals surface area contributed by atoms with Crippen molar-refractivity contribution in [2.75, 3.05) is 37.3 Å². The van der Waals surface area contributed by atoms with Crippen molar-refractivity contribution in [1.82, 2.24) is 10.2 Å². The van der Waals surface area contributed by atoms with E-state index in [4.69, 9.17) is 4.74 Å². The van der Waals surface area contributed by atoms with Crippen LogP contribution in [0, 0.1) is 0 Å². The zero-order valence-corrected chi connectivity index (χ0v) is 19.2. The first-order valence-electron chi connectivity index (χ1n) is 11.1. The van der Waals surface area contributed by atoms with Gasteiger partial charge in [0, 0.05) is 43.2 Å². The minimum Gasteiger partial charge on any atom is -0.496 e. The second-order valence-corrected chi connectivity index (χ2v) is 9.12. The molecule has 0 aliphatic carbocycles. The lowest BCUT2D eigenvalue weighted by molar-refractivity contribution is -0.112. The Labute approximate surface area is 193 Å². The average molecular weight is 452 g/mol. The van der Waals surface area contributed by atoms with Crippen LogP contribution in [0.4, 0.5) is 5.69 Å². The van der Waals surface area contributed by atoms with Gasteiger partial charge in [0.15, 0.2) is 0 Å². The number of rotatable bonds is 7. The van der Waals surface area contributed by atoms with Crippen LogP contribution < -0.4 is 10.6 Å². The summed E-state index contributed by atoms with van der Waals surface area (Å²) in [5.41, 5.74) is 4.11. The summed E-state index contributed by atoms with van der Waals surface area (Å²) >= 11 is 1.50. The van der Waals surface area contributed by atoms with Gasteiger partial charge in [-0.3, -0.25) is 14.5 Å². The number of benzene rings is 2. The summed E-state index contributed by atoms with van der Waals surface area (Å²) in [4.78, 5) is 27.9. The van der Waals surface area contributed by atoms with Gasteiger partial charge in [0.25, 0.3) is 11.8 Å². The van der Waals surface area contributed by atoms with Crippen LogP contribution in [0.2, 0.25) is 0 Å². The van der Waals surface area contributed by atoms with Gasteiger partial charge < -0.3 is 15.4 Å². The summed E-state index contributed by atoms with van der Waals surface area (Å²) < 4.78 is 5.44. The van der Waals surface area contributed by atoms with Crippen LogP contribution in [-0.2, 0) is 22.5 Å². The van der Waals surface area contributed by atoms with Crippen LogP contribution in [0.15, 0.2) is 59.2 Å². The number of hydrogen-bond acceptors (Lipinski definition) is 5. The van der Waals surface area contributed by atoms with E-state index in [0.717, 1.165) is 38.2 Å². The molecule has 2 aromatic carbocycles. The zero-order chi connectivity index (χ0) is 22.3. The fourth-order valence-corrected chi connectivity index (χ4v) is 4.79. The van der Waals surface area contributed by atoms with Gasteiger partial charge in [-0.2, -0.15) is 0 Å². The molecular formula is C25H29N3O3S. The van der Waals surface area contributed by atoms with Gasteiger partial charge >= 0.3 is 0 Å². The van der Waals surface area contributed by atoms with Crippen molar-refractivity contribution < 1.29 is 14.3 Å². The van der Waals surface area contributed by atoms with E-state index in [1.807, 2.05) is 0 Å². The lowest BCUT2D eigenvalue weighted by Crippen LogP contribution is -2.33. The average Bonchev–Trinajstić information content (AvgIpc) is 2.82. The van der Waals surface area contributed by atoms with E-state index in [1.54, 1.807) is 31.2 Å². The topological polar surface area (TPSA) is 70.7 Å². The number of hydrogen-bond donors (Lipinski definition) is 2. The summed E-state index contributed by atoms with van der Waals surface area (Å²) in [5, 5.41) is 5.86. The highest BCUT2D eigenvalue weighted by molar-refractivity contribution is 8.04. The minimum atomic E-state index is -0.176. The smallest absolute Gasteiger partial charge is 0.265 e. The maximum Gasteiger partial charge on any atom is 0.265 e. The van der Waals surface area contributed by atoms with E-state index in [1.165, 1.54) is 22.9 Å². The monoisotopic (exact) mass is 451 g/mol. The number of thioether (sulfide) groups is 1. The number of nitrogens with one attached hydrogen (secondary N) is 2. The molecule has 6 nitrogen and oxygen atoms in total. The lowest BCUT2D eigenvalue weighted by Gasteiger charge is -2.28. The largest absolute Gasteiger partial charge is 0.496 e. The Bertz CT molecular complexity index is 1000. The highest BCUT2D eigenvalue weighted by Gasteiger charge is 2.19. The molecule has 2 amide bonds. The van der Waals surface area contributed by atoms with Crippen molar-refractivity contribution in [1.29, 1.82) is 0 Å². The highest BCUT2D eigenvalue weighted by Crippen LogP contribution is 2.26. The third kappa shape index (κ3) is 5.72. The molecular weight excluding hydrogens is 422 g/mol. The van der Waals surface area contributed by atoms with Gasteiger partial charge in [0.2, 0.25) is 0 Å². The normalized spacial score (nSPS) is 16.2. The Morgan fingerprint density at radius 2 is 1.84 bits per heavy atom. The van der Waals surface area contributed by atoms with Gasteiger partial charge in [0.1, 0.15) is 10.7 Å². The van der Waals surface area contributed by atoms with Crippen molar-refractivity contribution in [3.63, 3.8) is 0 Å². The predicted molar refractivity (Wildman–Crippen MR) is 129 cm³/mol. The maximum atomic E-state index is 12.4. The molecule has 0 bridgehead atoms. The van der Waals surface area contributed by atoms with E-state index < -0.39 is 0 Å². The third-order valence-corrected chi connectivity index (χ3v) is 6.86. The first-order chi connectivity index (χ1) is 15.6.